The third kappa shape index (κ3) is 5.69. The highest BCUT2D eigenvalue weighted by atomic mass is 16.2. The summed E-state index contributed by atoms with van der Waals surface area (Å²) < 4.78 is 0. The van der Waals surface area contributed by atoms with Crippen LogP contribution < -0.4 is 10.9 Å². The van der Waals surface area contributed by atoms with Gasteiger partial charge in [-0.15, -0.1) is 0 Å². The van der Waals surface area contributed by atoms with Crippen LogP contribution in [-0.2, 0) is 6.54 Å². The molecule has 0 bridgehead atoms. The number of nitrogens with one attached hydrogen (secondary N) is 2. The van der Waals surface area contributed by atoms with Gasteiger partial charge in [-0.1, -0.05) is 48.5 Å². The number of nitrogens with zero attached hydrogens (tertiary/aromatic N) is 4. The van der Waals surface area contributed by atoms with Crippen molar-refractivity contribution in [2.45, 2.75) is 38.3 Å². The second kappa shape index (κ2) is 11.9. The molecule has 7 nitrogen and oxygen atoms in total. The number of hydrazine groups is 1. The standard InChI is InChI=1S/C33H34N6O/c34-21-24-10-12-26(13-11-24)27-14-15-31-29(19-27)30(20-32(36-31)37-35-22-25-7-2-1-3-8-25)33(40)39-18-6-9-28(39)23-38-16-4-5-17-38/h1-3,7-8,10-15,19-20,28,35H,4-6,9,16-18,22-23H2,(H,36,37)/t28-/m0/s1. The van der Waals surface area contributed by atoms with E-state index in [9.17, 15) is 10.1 Å². The number of carbonyl (C=O) groups excluding carboxylic acids is 1. The van der Waals surface area contributed by atoms with E-state index in [-0.39, 0.29) is 11.9 Å². The summed E-state index contributed by atoms with van der Waals surface area (Å²) in [7, 11) is 0. The number of rotatable bonds is 8. The van der Waals surface area contributed by atoms with Crippen LogP contribution in [0.2, 0.25) is 0 Å². The maximum atomic E-state index is 14.2. The Bertz CT molecular complexity index is 1520. The maximum absolute atomic E-state index is 14.2. The summed E-state index contributed by atoms with van der Waals surface area (Å²) in [5, 5.41) is 10.0. The Balaban J connectivity index is 1.33. The Morgan fingerprint density at radius 1 is 0.925 bits per heavy atom. The van der Waals surface area contributed by atoms with Gasteiger partial charge in [-0.05, 0) is 85.8 Å². The number of amides is 1. The number of carbonyl (C=O) groups is 1. The lowest BCUT2D eigenvalue weighted by Crippen LogP contribution is -2.42. The van der Waals surface area contributed by atoms with E-state index in [1.54, 1.807) is 0 Å². The molecule has 1 amide bonds. The number of benzene rings is 3. The van der Waals surface area contributed by atoms with Gasteiger partial charge in [0.1, 0.15) is 5.82 Å². The second-order valence-corrected chi connectivity index (χ2v) is 10.7. The number of hydrogen-bond donors (Lipinski definition) is 2. The molecule has 2 aliphatic heterocycles. The average Bonchev–Trinajstić information content (AvgIpc) is 3.69. The molecular formula is C33H34N6O. The van der Waals surface area contributed by atoms with Gasteiger partial charge in [0.05, 0.1) is 22.7 Å². The Morgan fingerprint density at radius 3 is 2.48 bits per heavy atom. The number of likely N-dealkylation sites (tertiary alicyclic amines) is 2. The lowest BCUT2D eigenvalue weighted by Gasteiger charge is -2.29. The van der Waals surface area contributed by atoms with Crippen molar-refractivity contribution in [3.8, 4) is 17.2 Å². The highest BCUT2D eigenvalue weighted by Gasteiger charge is 2.32. The highest BCUT2D eigenvalue weighted by molar-refractivity contribution is 6.08. The van der Waals surface area contributed by atoms with Crippen molar-refractivity contribution in [2.24, 2.45) is 0 Å². The molecule has 202 valence electrons. The SMILES string of the molecule is N#Cc1ccc(-c2ccc3nc(NNCc4ccccc4)cc(C(=O)N4CCC[C@H]4CN4CCCC4)c3c2)cc1. The van der Waals surface area contributed by atoms with Crippen LogP contribution in [0.5, 0.6) is 0 Å². The number of anilines is 1. The fraction of sp³-hybridized carbons (Fsp3) is 0.303. The summed E-state index contributed by atoms with van der Waals surface area (Å²) in [6.45, 7) is 4.63. The van der Waals surface area contributed by atoms with Gasteiger partial charge in [-0.25, -0.2) is 10.4 Å². The summed E-state index contributed by atoms with van der Waals surface area (Å²) in [6.07, 6.45) is 4.58. The lowest BCUT2D eigenvalue weighted by atomic mass is 9.99. The molecule has 7 heteroatoms. The average molecular weight is 531 g/mol. The molecule has 2 N–H and O–H groups in total. The highest BCUT2D eigenvalue weighted by Crippen LogP contribution is 2.30. The fourth-order valence-electron chi connectivity index (χ4n) is 5.93. The van der Waals surface area contributed by atoms with Crippen LogP contribution in [0.3, 0.4) is 0 Å². The number of pyridine rings is 1. The molecule has 6 rings (SSSR count). The topological polar surface area (TPSA) is 84.3 Å². The molecule has 2 aliphatic rings. The van der Waals surface area contributed by atoms with Gasteiger partial charge < -0.3 is 15.2 Å². The van der Waals surface area contributed by atoms with E-state index in [0.717, 1.165) is 66.6 Å². The molecule has 4 aromatic rings. The molecule has 2 fully saturated rings. The van der Waals surface area contributed by atoms with Crippen LogP contribution in [-0.4, -0.2) is 52.9 Å². The van der Waals surface area contributed by atoms with Gasteiger partial charge in [0.15, 0.2) is 0 Å². The van der Waals surface area contributed by atoms with Crippen molar-refractivity contribution < 1.29 is 4.79 Å². The van der Waals surface area contributed by atoms with E-state index in [4.69, 9.17) is 4.98 Å². The van der Waals surface area contributed by atoms with E-state index in [1.807, 2.05) is 60.7 Å². The third-order valence-electron chi connectivity index (χ3n) is 8.04. The number of aromatic nitrogens is 1. The smallest absolute Gasteiger partial charge is 0.254 e. The monoisotopic (exact) mass is 530 g/mol. The Morgan fingerprint density at radius 2 is 1.70 bits per heavy atom. The molecule has 40 heavy (non-hydrogen) atoms. The fourth-order valence-corrected chi connectivity index (χ4v) is 5.93. The first-order valence-electron chi connectivity index (χ1n) is 14.2. The summed E-state index contributed by atoms with van der Waals surface area (Å²) in [5.74, 6) is 0.686. The molecule has 0 radical (unpaired) electrons. The minimum Gasteiger partial charge on any atom is -0.334 e. The molecule has 3 heterocycles. The van der Waals surface area contributed by atoms with Crippen molar-refractivity contribution in [1.82, 2.24) is 20.2 Å². The summed E-state index contributed by atoms with van der Waals surface area (Å²) in [4.78, 5) is 23.7. The molecular weight excluding hydrogens is 496 g/mol. The van der Waals surface area contributed by atoms with Crippen LogP contribution >= 0.6 is 0 Å². The molecule has 0 unspecified atom stereocenters. The zero-order valence-corrected chi connectivity index (χ0v) is 22.6. The quantitative estimate of drug-likeness (QED) is 0.289. The minimum atomic E-state index is 0.0668. The van der Waals surface area contributed by atoms with Crippen molar-refractivity contribution in [3.63, 3.8) is 0 Å². The Hall–Kier alpha value is -4.25. The summed E-state index contributed by atoms with van der Waals surface area (Å²) in [5.41, 5.74) is 11.7. The van der Waals surface area contributed by atoms with Crippen molar-refractivity contribution in [3.05, 3.63) is 95.6 Å². The van der Waals surface area contributed by atoms with Gasteiger partial charge >= 0.3 is 0 Å². The van der Waals surface area contributed by atoms with Crippen molar-refractivity contribution in [1.29, 1.82) is 5.26 Å². The van der Waals surface area contributed by atoms with E-state index in [2.05, 4.69) is 44.9 Å². The van der Waals surface area contributed by atoms with E-state index >= 15 is 0 Å². The predicted molar refractivity (Wildman–Crippen MR) is 159 cm³/mol. The summed E-state index contributed by atoms with van der Waals surface area (Å²) in [6, 6.07) is 28.1. The van der Waals surface area contributed by atoms with E-state index in [0.29, 0.717) is 23.5 Å². The molecule has 3 aromatic carbocycles. The number of nitriles is 1. The number of fused-ring (bicyclic) bond motifs is 1. The first-order valence-corrected chi connectivity index (χ1v) is 14.2. The molecule has 0 saturated carbocycles. The van der Waals surface area contributed by atoms with Crippen LogP contribution in [0.1, 0.15) is 47.2 Å². The second-order valence-electron chi connectivity index (χ2n) is 10.7. The zero-order chi connectivity index (χ0) is 27.3. The van der Waals surface area contributed by atoms with Gasteiger partial charge in [0.2, 0.25) is 0 Å². The molecule has 0 spiro atoms. The molecule has 0 aliphatic carbocycles. The first kappa shape index (κ1) is 26.0. The maximum Gasteiger partial charge on any atom is 0.254 e. The first-order chi connectivity index (χ1) is 19.7. The van der Waals surface area contributed by atoms with Crippen molar-refractivity contribution >= 4 is 22.6 Å². The van der Waals surface area contributed by atoms with Crippen LogP contribution in [0.15, 0.2) is 78.9 Å². The lowest BCUT2D eigenvalue weighted by molar-refractivity contribution is 0.0710. The molecule has 1 aromatic heterocycles. The van der Waals surface area contributed by atoms with Gasteiger partial charge in [-0.2, -0.15) is 5.26 Å². The van der Waals surface area contributed by atoms with Gasteiger partial charge in [0, 0.05) is 31.1 Å². The Labute approximate surface area is 235 Å². The molecule has 2 saturated heterocycles. The normalized spacial score (nSPS) is 17.3. The zero-order valence-electron chi connectivity index (χ0n) is 22.6. The largest absolute Gasteiger partial charge is 0.334 e. The summed E-state index contributed by atoms with van der Waals surface area (Å²) >= 11 is 0. The van der Waals surface area contributed by atoms with Crippen LogP contribution in [0, 0.1) is 11.3 Å². The van der Waals surface area contributed by atoms with Crippen molar-refractivity contribution in [2.75, 3.05) is 31.6 Å². The predicted octanol–water partition coefficient (Wildman–Crippen LogP) is 5.59. The minimum absolute atomic E-state index is 0.0668. The van der Waals surface area contributed by atoms with E-state index < -0.39 is 0 Å². The van der Waals surface area contributed by atoms with Crippen LogP contribution in [0.25, 0.3) is 22.0 Å². The third-order valence-corrected chi connectivity index (χ3v) is 8.04. The van der Waals surface area contributed by atoms with Gasteiger partial charge in [0.25, 0.3) is 5.91 Å². The van der Waals surface area contributed by atoms with Crippen LogP contribution in [0.4, 0.5) is 5.82 Å². The van der Waals surface area contributed by atoms with Gasteiger partial charge in [-0.3, -0.25) is 4.79 Å². The Kier molecular flexibility index (Phi) is 7.71. The number of hydrogen-bond acceptors (Lipinski definition) is 6. The molecule has 1 atom stereocenters. The van der Waals surface area contributed by atoms with E-state index in [1.165, 1.54) is 12.8 Å².